The molecule has 6 nitrogen and oxygen atoms in total. The monoisotopic (exact) mass is 374 g/mol. The molecule has 0 unspecified atom stereocenters. The predicted octanol–water partition coefficient (Wildman–Crippen LogP) is 4.34. The molecule has 1 N–H and O–H groups in total. The van der Waals surface area contributed by atoms with Crippen molar-refractivity contribution in [3.63, 3.8) is 0 Å². The van der Waals surface area contributed by atoms with Crippen LogP contribution in [-0.2, 0) is 12.1 Å². The Morgan fingerprint density at radius 1 is 1.14 bits per heavy atom. The summed E-state index contributed by atoms with van der Waals surface area (Å²) in [6.45, 7) is 6.67. The number of ether oxygens (including phenoxy) is 1. The van der Waals surface area contributed by atoms with E-state index in [1.54, 1.807) is 41.2 Å². The summed E-state index contributed by atoms with van der Waals surface area (Å²) in [6, 6.07) is 18.4. The fourth-order valence-corrected chi connectivity index (χ4v) is 2.62. The van der Waals surface area contributed by atoms with Crippen LogP contribution in [0.3, 0.4) is 0 Å². The van der Waals surface area contributed by atoms with Gasteiger partial charge in [0.2, 0.25) is 0 Å². The van der Waals surface area contributed by atoms with Crippen LogP contribution in [0.15, 0.2) is 60.8 Å². The number of aromatic nitrogens is 2. The van der Waals surface area contributed by atoms with Crippen LogP contribution in [0, 0.1) is 11.3 Å². The van der Waals surface area contributed by atoms with Gasteiger partial charge in [0, 0.05) is 6.20 Å². The molecule has 0 atom stereocenters. The third kappa shape index (κ3) is 4.57. The summed E-state index contributed by atoms with van der Waals surface area (Å²) in [5.41, 5.74) is 2.43. The fourth-order valence-electron chi connectivity index (χ4n) is 2.62. The van der Waals surface area contributed by atoms with Gasteiger partial charge < -0.3 is 10.1 Å². The van der Waals surface area contributed by atoms with Gasteiger partial charge in [0.15, 0.2) is 12.4 Å². The SMILES string of the molecule is CC(C)(C)c1ccc(OCn2ccc(C(=O)Nc3ccccc3C#N)n2)cc1. The molecule has 0 spiro atoms. The number of hydrogen-bond donors (Lipinski definition) is 1. The van der Waals surface area contributed by atoms with Gasteiger partial charge in [-0.2, -0.15) is 10.4 Å². The Balaban J connectivity index is 1.61. The molecule has 1 amide bonds. The Morgan fingerprint density at radius 2 is 1.86 bits per heavy atom. The van der Waals surface area contributed by atoms with Crippen molar-refractivity contribution in [3.05, 3.63) is 77.6 Å². The van der Waals surface area contributed by atoms with Crippen molar-refractivity contribution < 1.29 is 9.53 Å². The molecule has 6 heteroatoms. The van der Waals surface area contributed by atoms with E-state index in [9.17, 15) is 4.79 Å². The zero-order chi connectivity index (χ0) is 20.1. The summed E-state index contributed by atoms with van der Waals surface area (Å²) in [7, 11) is 0. The molecule has 2 aromatic carbocycles. The summed E-state index contributed by atoms with van der Waals surface area (Å²) >= 11 is 0. The van der Waals surface area contributed by atoms with Gasteiger partial charge in [-0.3, -0.25) is 4.79 Å². The van der Waals surface area contributed by atoms with E-state index in [1.165, 1.54) is 5.56 Å². The van der Waals surface area contributed by atoms with Crippen molar-refractivity contribution >= 4 is 11.6 Å². The minimum Gasteiger partial charge on any atom is -0.471 e. The third-order valence-corrected chi connectivity index (χ3v) is 4.25. The van der Waals surface area contributed by atoms with Crippen molar-refractivity contribution in [2.45, 2.75) is 32.9 Å². The van der Waals surface area contributed by atoms with Crippen LogP contribution in [0.1, 0.15) is 42.4 Å². The number of para-hydroxylation sites is 1. The van der Waals surface area contributed by atoms with Gasteiger partial charge >= 0.3 is 0 Å². The number of carbonyl (C=O) groups is 1. The lowest BCUT2D eigenvalue weighted by molar-refractivity contribution is 0.102. The second-order valence-corrected chi connectivity index (χ2v) is 7.40. The third-order valence-electron chi connectivity index (χ3n) is 4.25. The van der Waals surface area contributed by atoms with E-state index in [2.05, 4.69) is 31.2 Å². The highest BCUT2D eigenvalue weighted by atomic mass is 16.5. The Morgan fingerprint density at radius 3 is 2.54 bits per heavy atom. The molecule has 0 saturated heterocycles. The average molecular weight is 374 g/mol. The molecule has 0 saturated carbocycles. The van der Waals surface area contributed by atoms with Gasteiger partial charge in [0.25, 0.3) is 5.91 Å². The van der Waals surface area contributed by atoms with Gasteiger partial charge in [-0.15, -0.1) is 0 Å². The highest BCUT2D eigenvalue weighted by Gasteiger charge is 2.14. The lowest BCUT2D eigenvalue weighted by Crippen LogP contribution is -2.15. The molecule has 0 aliphatic rings. The van der Waals surface area contributed by atoms with Crippen molar-refractivity contribution in [1.82, 2.24) is 9.78 Å². The second kappa shape index (κ2) is 7.97. The fraction of sp³-hybridized carbons (Fsp3) is 0.227. The topological polar surface area (TPSA) is 79.9 Å². The quantitative estimate of drug-likeness (QED) is 0.720. The normalized spacial score (nSPS) is 10.9. The van der Waals surface area contributed by atoms with E-state index in [-0.39, 0.29) is 23.7 Å². The maximum absolute atomic E-state index is 12.4. The van der Waals surface area contributed by atoms with Gasteiger partial charge in [0.05, 0.1) is 11.3 Å². The first-order valence-electron chi connectivity index (χ1n) is 8.94. The van der Waals surface area contributed by atoms with E-state index in [1.807, 2.05) is 30.3 Å². The number of anilines is 1. The smallest absolute Gasteiger partial charge is 0.276 e. The van der Waals surface area contributed by atoms with E-state index in [0.717, 1.165) is 5.75 Å². The number of amides is 1. The van der Waals surface area contributed by atoms with E-state index >= 15 is 0 Å². The minimum atomic E-state index is -0.379. The first kappa shape index (κ1) is 19.2. The van der Waals surface area contributed by atoms with Crippen LogP contribution in [0.4, 0.5) is 5.69 Å². The second-order valence-electron chi connectivity index (χ2n) is 7.40. The van der Waals surface area contributed by atoms with Gasteiger partial charge in [-0.25, -0.2) is 4.68 Å². The standard InChI is InChI=1S/C22H22N4O2/c1-22(2,3)17-8-10-18(11-9-17)28-15-26-13-12-20(25-26)21(27)24-19-7-5-4-6-16(19)14-23/h4-13H,15H2,1-3H3,(H,24,27). The van der Waals surface area contributed by atoms with Crippen LogP contribution < -0.4 is 10.1 Å². The summed E-state index contributed by atoms with van der Waals surface area (Å²) in [5, 5.41) is 16.0. The molecular formula is C22H22N4O2. The minimum absolute atomic E-state index is 0.0902. The molecular weight excluding hydrogens is 352 g/mol. The zero-order valence-corrected chi connectivity index (χ0v) is 16.1. The van der Waals surface area contributed by atoms with Crippen LogP contribution >= 0.6 is 0 Å². The number of carbonyl (C=O) groups excluding carboxylic acids is 1. The van der Waals surface area contributed by atoms with Crippen LogP contribution in [0.2, 0.25) is 0 Å². The van der Waals surface area contributed by atoms with Crippen LogP contribution in [0.25, 0.3) is 0 Å². The Kier molecular flexibility index (Phi) is 5.46. The molecule has 3 aromatic rings. The zero-order valence-electron chi connectivity index (χ0n) is 16.1. The lowest BCUT2D eigenvalue weighted by Gasteiger charge is -2.19. The van der Waals surface area contributed by atoms with Crippen molar-refractivity contribution in [2.75, 3.05) is 5.32 Å². The predicted molar refractivity (Wildman–Crippen MR) is 107 cm³/mol. The van der Waals surface area contributed by atoms with Gasteiger partial charge in [-0.1, -0.05) is 45.0 Å². The molecule has 0 bridgehead atoms. The molecule has 1 heterocycles. The molecule has 3 rings (SSSR count). The first-order valence-corrected chi connectivity index (χ1v) is 8.94. The molecule has 142 valence electrons. The summed E-state index contributed by atoms with van der Waals surface area (Å²) in [4.78, 5) is 12.4. The molecule has 1 aromatic heterocycles. The van der Waals surface area contributed by atoms with E-state index in [0.29, 0.717) is 11.3 Å². The number of nitriles is 1. The maximum atomic E-state index is 12.4. The van der Waals surface area contributed by atoms with Crippen molar-refractivity contribution in [3.8, 4) is 11.8 Å². The Labute approximate surface area is 164 Å². The Hall–Kier alpha value is -3.59. The van der Waals surface area contributed by atoms with Crippen LogP contribution in [-0.4, -0.2) is 15.7 Å². The summed E-state index contributed by atoms with van der Waals surface area (Å²) < 4.78 is 7.28. The average Bonchev–Trinajstić information content (AvgIpc) is 3.16. The van der Waals surface area contributed by atoms with E-state index in [4.69, 9.17) is 10.00 Å². The summed E-state index contributed by atoms with van der Waals surface area (Å²) in [6.07, 6.45) is 1.68. The number of nitrogens with one attached hydrogen (secondary N) is 1. The number of nitrogens with zero attached hydrogens (tertiary/aromatic N) is 3. The molecule has 0 aliphatic heterocycles. The Bertz CT molecular complexity index is 1010. The molecule has 0 fully saturated rings. The van der Waals surface area contributed by atoms with E-state index < -0.39 is 0 Å². The first-order chi connectivity index (χ1) is 13.4. The molecule has 0 aliphatic carbocycles. The summed E-state index contributed by atoms with van der Waals surface area (Å²) in [5.74, 6) is 0.355. The van der Waals surface area contributed by atoms with Crippen molar-refractivity contribution in [1.29, 1.82) is 5.26 Å². The lowest BCUT2D eigenvalue weighted by atomic mass is 9.87. The van der Waals surface area contributed by atoms with Gasteiger partial charge in [0.1, 0.15) is 11.8 Å². The number of rotatable bonds is 5. The van der Waals surface area contributed by atoms with Gasteiger partial charge in [-0.05, 0) is 41.3 Å². The highest BCUT2D eigenvalue weighted by Crippen LogP contribution is 2.24. The number of hydrogen-bond acceptors (Lipinski definition) is 4. The highest BCUT2D eigenvalue weighted by molar-refractivity contribution is 6.03. The number of benzene rings is 2. The largest absolute Gasteiger partial charge is 0.471 e. The van der Waals surface area contributed by atoms with Crippen LogP contribution in [0.5, 0.6) is 5.75 Å². The molecule has 28 heavy (non-hydrogen) atoms. The van der Waals surface area contributed by atoms with Crippen molar-refractivity contribution in [2.24, 2.45) is 0 Å². The maximum Gasteiger partial charge on any atom is 0.276 e. The molecule has 0 radical (unpaired) electrons.